The second-order valence-corrected chi connectivity index (χ2v) is 5.28. The molecule has 5 heteroatoms. The largest absolute Gasteiger partial charge is 0.384 e. The molecule has 1 amide bonds. The molecular weight excluding hydrogens is 276 g/mol. The summed E-state index contributed by atoms with van der Waals surface area (Å²) >= 11 is 6.08. The maximum absolute atomic E-state index is 12.1. The zero-order valence-electron chi connectivity index (χ0n) is 11.3. The molecule has 20 heavy (non-hydrogen) atoms. The molecule has 1 aromatic carbocycles. The Morgan fingerprint density at radius 1 is 1.60 bits per heavy atom. The molecule has 0 aromatic heterocycles. The van der Waals surface area contributed by atoms with Crippen LogP contribution < -0.4 is 5.32 Å². The van der Waals surface area contributed by atoms with Crippen LogP contribution in [0.4, 0.5) is 0 Å². The topological polar surface area (TPSA) is 52.6 Å². The summed E-state index contributed by atoms with van der Waals surface area (Å²) in [5.74, 6) is 5.15. The first-order chi connectivity index (χ1) is 9.60. The van der Waals surface area contributed by atoms with E-state index in [1.165, 1.54) is 0 Å². The number of nitrogens with one attached hydrogen (secondary N) is 1. The fourth-order valence-electron chi connectivity index (χ4n) is 2.21. The molecule has 0 aliphatic carbocycles. The van der Waals surface area contributed by atoms with Gasteiger partial charge in [-0.25, -0.2) is 0 Å². The maximum atomic E-state index is 12.1. The number of aliphatic hydroxyl groups excluding tert-OH is 1. The first-order valence-corrected chi connectivity index (χ1v) is 6.86. The highest BCUT2D eigenvalue weighted by atomic mass is 35.5. The summed E-state index contributed by atoms with van der Waals surface area (Å²) in [6.45, 7) is 1.66. The Morgan fingerprint density at radius 3 is 3.00 bits per heavy atom. The van der Waals surface area contributed by atoms with E-state index in [1.807, 2.05) is 7.05 Å². The highest BCUT2D eigenvalue weighted by Gasteiger charge is 2.21. The lowest BCUT2D eigenvalue weighted by Gasteiger charge is -2.13. The van der Waals surface area contributed by atoms with Gasteiger partial charge in [0.25, 0.3) is 5.91 Å². The van der Waals surface area contributed by atoms with E-state index < -0.39 is 0 Å². The van der Waals surface area contributed by atoms with Gasteiger partial charge >= 0.3 is 0 Å². The molecule has 1 fully saturated rings. The highest BCUT2D eigenvalue weighted by molar-refractivity contribution is 6.32. The van der Waals surface area contributed by atoms with Crippen molar-refractivity contribution in [3.63, 3.8) is 0 Å². The molecule has 2 rings (SSSR count). The third kappa shape index (κ3) is 3.73. The molecule has 1 atom stereocenters. The van der Waals surface area contributed by atoms with Gasteiger partial charge in [-0.2, -0.15) is 0 Å². The summed E-state index contributed by atoms with van der Waals surface area (Å²) in [6.07, 6.45) is 0.968. The number of nitrogens with zero attached hydrogens (tertiary/aromatic N) is 1. The van der Waals surface area contributed by atoms with Crippen LogP contribution in [0.5, 0.6) is 0 Å². The van der Waals surface area contributed by atoms with Crippen LogP contribution in [-0.2, 0) is 0 Å². The predicted molar refractivity (Wildman–Crippen MR) is 78.8 cm³/mol. The average molecular weight is 293 g/mol. The van der Waals surface area contributed by atoms with Crippen molar-refractivity contribution in [2.75, 3.05) is 26.7 Å². The van der Waals surface area contributed by atoms with E-state index in [0.717, 1.165) is 19.5 Å². The Bertz CT molecular complexity index is 563. The van der Waals surface area contributed by atoms with Crippen LogP contribution in [0.2, 0.25) is 5.02 Å². The number of likely N-dealkylation sites (N-methyl/N-ethyl adjacent to an activating group) is 1. The van der Waals surface area contributed by atoms with E-state index in [9.17, 15) is 4.79 Å². The SMILES string of the molecule is CN1CCC(NC(=O)c2ccc(C#CCO)c(Cl)c2)C1. The van der Waals surface area contributed by atoms with Gasteiger partial charge in [-0.1, -0.05) is 23.4 Å². The number of hydrogen-bond acceptors (Lipinski definition) is 3. The molecule has 0 bridgehead atoms. The van der Waals surface area contributed by atoms with Crippen molar-refractivity contribution in [3.8, 4) is 11.8 Å². The molecule has 2 N–H and O–H groups in total. The molecule has 1 unspecified atom stereocenters. The minimum Gasteiger partial charge on any atom is -0.384 e. The fraction of sp³-hybridized carbons (Fsp3) is 0.400. The average Bonchev–Trinajstić information content (AvgIpc) is 2.82. The number of hydrogen-bond donors (Lipinski definition) is 2. The molecule has 1 heterocycles. The summed E-state index contributed by atoms with van der Waals surface area (Å²) in [5, 5.41) is 12.1. The number of amides is 1. The van der Waals surface area contributed by atoms with E-state index in [4.69, 9.17) is 16.7 Å². The van der Waals surface area contributed by atoms with Gasteiger partial charge in [0.1, 0.15) is 6.61 Å². The quantitative estimate of drug-likeness (QED) is 0.803. The van der Waals surface area contributed by atoms with Crippen LogP contribution in [0.15, 0.2) is 18.2 Å². The van der Waals surface area contributed by atoms with E-state index >= 15 is 0 Å². The van der Waals surface area contributed by atoms with Gasteiger partial charge in [0.2, 0.25) is 0 Å². The number of aliphatic hydroxyl groups is 1. The van der Waals surface area contributed by atoms with Crippen LogP contribution in [-0.4, -0.2) is 48.7 Å². The van der Waals surface area contributed by atoms with Crippen molar-refractivity contribution < 1.29 is 9.90 Å². The standard InChI is InChI=1S/C15H17ClN2O2/c1-18-7-6-13(10-18)17-15(20)12-5-4-11(3-2-8-19)14(16)9-12/h4-5,9,13,19H,6-8,10H2,1H3,(H,17,20). The summed E-state index contributed by atoms with van der Waals surface area (Å²) in [5.41, 5.74) is 1.14. The lowest BCUT2D eigenvalue weighted by Crippen LogP contribution is -2.36. The van der Waals surface area contributed by atoms with Gasteiger partial charge in [-0.05, 0) is 38.2 Å². The van der Waals surface area contributed by atoms with E-state index in [0.29, 0.717) is 16.1 Å². The lowest BCUT2D eigenvalue weighted by atomic mass is 10.1. The fourth-order valence-corrected chi connectivity index (χ4v) is 2.44. The van der Waals surface area contributed by atoms with Gasteiger partial charge in [0.05, 0.1) is 5.02 Å². The smallest absolute Gasteiger partial charge is 0.251 e. The van der Waals surface area contributed by atoms with Gasteiger partial charge in [0.15, 0.2) is 0 Å². The molecular formula is C15H17ClN2O2. The number of rotatable bonds is 2. The van der Waals surface area contributed by atoms with Crippen molar-refractivity contribution in [1.29, 1.82) is 0 Å². The van der Waals surface area contributed by atoms with Crippen molar-refractivity contribution in [1.82, 2.24) is 10.2 Å². The third-order valence-electron chi connectivity index (χ3n) is 3.26. The molecule has 0 saturated carbocycles. The summed E-state index contributed by atoms with van der Waals surface area (Å²) < 4.78 is 0. The van der Waals surface area contributed by atoms with E-state index in [-0.39, 0.29) is 18.6 Å². The van der Waals surface area contributed by atoms with Crippen molar-refractivity contribution in [2.24, 2.45) is 0 Å². The first-order valence-electron chi connectivity index (χ1n) is 6.49. The number of halogens is 1. The number of benzene rings is 1. The van der Waals surface area contributed by atoms with Gasteiger partial charge in [-0.3, -0.25) is 4.79 Å². The van der Waals surface area contributed by atoms with Gasteiger partial charge in [0, 0.05) is 23.7 Å². The zero-order chi connectivity index (χ0) is 14.5. The van der Waals surface area contributed by atoms with Crippen molar-refractivity contribution in [2.45, 2.75) is 12.5 Å². The predicted octanol–water partition coefficient (Wildman–Crippen LogP) is 1.12. The van der Waals surface area contributed by atoms with E-state index in [2.05, 4.69) is 22.1 Å². The molecule has 0 radical (unpaired) electrons. The Kier molecular flexibility index (Phi) is 5.02. The Balaban J connectivity index is 2.05. The van der Waals surface area contributed by atoms with Crippen molar-refractivity contribution >= 4 is 17.5 Å². The first kappa shape index (κ1) is 14.9. The van der Waals surface area contributed by atoms with Crippen LogP contribution in [0.25, 0.3) is 0 Å². The molecule has 0 spiro atoms. The van der Waals surface area contributed by atoms with Crippen LogP contribution in [0, 0.1) is 11.8 Å². The molecule has 4 nitrogen and oxygen atoms in total. The Hall–Kier alpha value is -1.54. The normalized spacial score (nSPS) is 18.4. The summed E-state index contributed by atoms with van der Waals surface area (Å²) in [6, 6.07) is 5.19. The minimum absolute atomic E-state index is 0.117. The molecule has 106 valence electrons. The van der Waals surface area contributed by atoms with Crippen LogP contribution >= 0.6 is 11.6 Å². The highest BCUT2D eigenvalue weighted by Crippen LogP contribution is 2.17. The summed E-state index contributed by atoms with van der Waals surface area (Å²) in [7, 11) is 2.04. The minimum atomic E-state index is -0.215. The second-order valence-electron chi connectivity index (χ2n) is 4.88. The van der Waals surface area contributed by atoms with Crippen LogP contribution in [0.1, 0.15) is 22.3 Å². The Labute approximate surface area is 123 Å². The van der Waals surface area contributed by atoms with Gasteiger partial charge in [-0.15, -0.1) is 0 Å². The monoisotopic (exact) mass is 292 g/mol. The lowest BCUT2D eigenvalue weighted by molar-refractivity contribution is 0.0938. The molecule has 1 aromatic rings. The molecule has 1 aliphatic rings. The number of carbonyl (C=O) groups is 1. The van der Waals surface area contributed by atoms with Crippen molar-refractivity contribution in [3.05, 3.63) is 34.3 Å². The third-order valence-corrected chi connectivity index (χ3v) is 3.57. The molecule has 1 aliphatic heterocycles. The van der Waals surface area contributed by atoms with E-state index in [1.54, 1.807) is 18.2 Å². The van der Waals surface area contributed by atoms with Crippen LogP contribution in [0.3, 0.4) is 0 Å². The molecule has 1 saturated heterocycles. The summed E-state index contributed by atoms with van der Waals surface area (Å²) in [4.78, 5) is 14.3. The number of likely N-dealkylation sites (tertiary alicyclic amines) is 1. The second kappa shape index (κ2) is 6.76. The maximum Gasteiger partial charge on any atom is 0.251 e. The number of carbonyl (C=O) groups excluding carboxylic acids is 1. The van der Waals surface area contributed by atoms with Gasteiger partial charge < -0.3 is 15.3 Å². The zero-order valence-corrected chi connectivity index (χ0v) is 12.1. The Morgan fingerprint density at radius 2 is 2.40 bits per heavy atom.